The molecule has 1 aromatic carbocycles. The molecule has 166 valence electrons. The van der Waals surface area contributed by atoms with E-state index in [-0.39, 0.29) is 0 Å². The van der Waals surface area contributed by atoms with Crippen molar-refractivity contribution in [1.29, 1.82) is 0 Å². The lowest BCUT2D eigenvalue weighted by Gasteiger charge is -2.32. The molecule has 0 unspecified atom stereocenters. The summed E-state index contributed by atoms with van der Waals surface area (Å²) in [6.07, 6.45) is 6.92. The topological polar surface area (TPSA) is 73.4 Å². The lowest BCUT2D eigenvalue weighted by Crippen LogP contribution is -2.40. The Labute approximate surface area is 181 Å². The molecule has 1 fully saturated rings. The molecule has 1 aliphatic carbocycles. The summed E-state index contributed by atoms with van der Waals surface area (Å²) in [5.74, 6) is 0.847. The van der Waals surface area contributed by atoms with Crippen LogP contribution in [0.1, 0.15) is 54.6 Å². The Hall–Kier alpha value is -1.89. The van der Waals surface area contributed by atoms with E-state index in [1.807, 2.05) is 25.1 Å². The van der Waals surface area contributed by atoms with Crippen LogP contribution in [0.15, 0.2) is 24.3 Å². The highest BCUT2D eigenvalue weighted by atomic mass is 16.5. The lowest BCUT2D eigenvalue weighted by atomic mass is 9.94. The average molecular weight is 415 g/mol. The Balaban J connectivity index is 1.43. The summed E-state index contributed by atoms with van der Waals surface area (Å²) in [5.41, 5.74) is 4.62. The normalized spacial score (nSPS) is 16.2. The van der Waals surface area contributed by atoms with Gasteiger partial charge in [0.15, 0.2) is 0 Å². The summed E-state index contributed by atoms with van der Waals surface area (Å²) >= 11 is 0. The minimum absolute atomic E-state index is 0.321. The van der Waals surface area contributed by atoms with E-state index in [2.05, 4.69) is 40.5 Å². The maximum Gasteiger partial charge on any atom is 0.123 e. The number of aliphatic hydroxyl groups excluding tert-OH is 1. The maximum atomic E-state index is 10.5. The van der Waals surface area contributed by atoms with Crippen LogP contribution < -0.4 is 10.1 Å². The first-order valence-electron chi connectivity index (χ1n) is 11.3. The van der Waals surface area contributed by atoms with Gasteiger partial charge in [-0.25, -0.2) is 0 Å². The van der Waals surface area contributed by atoms with Gasteiger partial charge in [0, 0.05) is 30.4 Å². The molecule has 0 saturated heterocycles. The van der Waals surface area contributed by atoms with Crippen LogP contribution in [0.3, 0.4) is 0 Å². The summed E-state index contributed by atoms with van der Waals surface area (Å²) < 4.78 is 6.00. The van der Waals surface area contributed by atoms with E-state index in [0.717, 1.165) is 42.2 Å². The van der Waals surface area contributed by atoms with Crippen molar-refractivity contribution < 1.29 is 9.84 Å². The zero-order valence-corrected chi connectivity index (χ0v) is 18.8. The molecule has 1 aromatic heterocycles. The molecule has 3 N–H and O–H groups in total. The molecule has 2 aromatic rings. The number of benzene rings is 1. The Morgan fingerprint density at radius 2 is 2.00 bits per heavy atom. The number of likely N-dealkylation sites (N-methyl/N-ethyl adjacent to an activating group) is 1. The summed E-state index contributed by atoms with van der Waals surface area (Å²) in [6.45, 7) is 6.71. The lowest BCUT2D eigenvalue weighted by molar-refractivity contribution is 0.0558. The van der Waals surface area contributed by atoms with Gasteiger partial charge in [0.25, 0.3) is 0 Å². The number of para-hydroxylation sites is 1. The molecule has 6 nitrogen and oxygen atoms in total. The fourth-order valence-corrected chi connectivity index (χ4v) is 4.41. The second-order valence-corrected chi connectivity index (χ2v) is 8.64. The molecule has 0 radical (unpaired) electrons. The van der Waals surface area contributed by atoms with Crippen molar-refractivity contribution in [1.82, 2.24) is 20.4 Å². The fourth-order valence-electron chi connectivity index (χ4n) is 4.41. The Bertz CT molecular complexity index is 751. The van der Waals surface area contributed by atoms with Crippen LogP contribution in [0.4, 0.5) is 0 Å². The monoisotopic (exact) mass is 414 g/mol. The largest absolute Gasteiger partial charge is 0.491 e. The van der Waals surface area contributed by atoms with Gasteiger partial charge in [0.1, 0.15) is 18.5 Å². The van der Waals surface area contributed by atoms with E-state index in [0.29, 0.717) is 19.2 Å². The molecule has 1 saturated carbocycles. The standard InChI is InChI=1S/C24H38N4O2/c1-18-23(19(2)27-26-18)13-14-25-15-20-9-7-8-12-24(20)30-17-22(29)16-28(3)21-10-5-4-6-11-21/h7-9,12,21-22,25,29H,4-6,10-11,13-17H2,1-3H3,(H,26,27)/t22-/m0/s1. The van der Waals surface area contributed by atoms with E-state index < -0.39 is 6.10 Å². The first-order valence-corrected chi connectivity index (χ1v) is 11.3. The molecule has 0 spiro atoms. The van der Waals surface area contributed by atoms with Crippen molar-refractivity contribution in [2.75, 3.05) is 26.7 Å². The Morgan fingerprint density at radius 1 is 1.23 bits per heavy atom. The van der Waals surface area contributed by atoms with Crippen LogP contribution in [0.25, 0.3) is 0 Å². The smallest absolute Gasteiger partial charge is 0.123 e. The van der Waals surface area contributed by atoms with Gasteiger partial charge in [0.2, 0.25) is 0 Å². The van der Waals surface area contributed by atoms with Crippen LogP contribution >= 0.6 is 0 Å². The number of aromatic nitrogens is 2. The van der Waals surface area contributed by atoms with Gasteiger partial charge in [-0.2, -0.15) is 5.10 Å². The quantitative estimate of drug-likeness (QED) is 0.492. The average Bonchev–Trinajstić information content (AvgIpc) is 3.08. The minimum atomic E-state index is -0.481. The van der Waals surface area contributed by atoms with E-state index >= 15 is 0 Å². The highest BCUT2D eigenvalue weighted by Crippen LogP contribution is 2.22. The first-order chi connectivity index (χ1) is 14.5. The molecule has 0 aliphatic heterocycles. The van der Waals surface area contributed by atoms with E-state index in [1.165, 1.54) is 37.7 Å². The Morgan fingerprint density at radius 3 is 2.73 bits per heavy atom. The summed E-state index contributed by atoms with van der Waals surface area (Å²) in [4.78, 5) is 2.31. The van der Waals surface area contributed by atoms with Gasteiger partial charge in [-0.1, -0.05) is 37.5 Å². The van der Waals surface area contributed by atoms with Gasteiger partial charge in [-0.3, -0.25) is 5.10 Å². The number of hydrogen-bond donors (Lipinski definition) is 3. The second-order valence-electron chi connectivity index (χ2n) is 8.64. The number of rotatable bonds is 11. The van der Waals surface area contributed by atoms with Crippen LogP contribution in [-0.4, -0.2) is 59.1 Å². The maximum absolute atomic E-state index is 10.5. The van der Waals surface area contributed by atoms with Crippen molar-refractivity contribution in [2.45, 2.75) is 71.1 Å². The summed E-state index contributed by atoms with van der Waals surface area (Å²) in [7, 11) is 2.13. The van der Waals surface area contributed by atoms with Crippen molar-refractivity contribution in [3.63, 3.8) is 0 Å². The van der Waals surface area contributed by atoms with Gasteiger partial charge in [-0.05, 0) is 58.3 Å². The number of aromatic amines is 1. The third kappa shape index (κ3) is 6.56. The number of aryl methyl sites for hydroxylation is 2. The number of hydrogen-bond acceptors (Lipinski definition) is 5. The third-order valence-corrected chi connectivity index (χ3v) is 6.25. The number of nitrogens with zero attached hydrogens (tertiary/aromatic N) is 2. The molecule has 6 heteroatoms. The van der Waals surface area contributed by atoms with E-state index in [1.54, 1.807) is 0 Å². The second kappa shape index (κ2) is 11.5. The number of H-pyrrole nitrogens is 1. The van der Waals surface area contributed by atoms with Crippen molar-refractivity contribution in [2.24, 2.45) is 0 Å². The fraction of sp³-hybridized carbons (Fsp3) is 0.625. The molecule has 1 aliphatic rings. The molecule has 1 atom stereocenters. The van der Waals surface area contributed by atoms with E-state index in [9.17, 15) is 5.11 Å². The van der Waals surface area contributed by atoms with Gasteiger partial charge in [0.05, 0.1) is 5.69 Å². The van der Waals surface area contributed by atoms with E-state index in [4.69, 9.17) is 4.74 Å². The number of ether oxygens (including phenoxy) is 1. The third-order valence-electron chi connectivity index (χ3n) is 6.25. The predicted molar refractivity (Wildman–Crippen MR) is 121 cm³/mol. The van der Waals surface area contributed by atoms with Crippen LogP contribution in [-0.2, 0) is 13.0 Å². The molecule has 0 amide bonds. The van der Waals surface area contributed by atoms with Crippen LogP contribution in [0, 0.1) is 13.8 Å². The molecule has 3 rings (SSSR count). The highest BCUT2D eigenvalue weighted by Gasteiger charge is 2.20. The minimum Gasteiger partial charge on any atom is -0.491 e. The highest BCUT2D eigenvalue weighted by molar-refractivity contribution is 5.33. The van der Waals surface area contributed by atoms with Crippen LogP contribution in [0.5, 0.6) is 5.75 Å². The zero-order valence-electron chi connectivity index (χ0n) is 18.8. The molecule has 0 bridgehead atoms. The van der Waals surface area contributed by atoms with Gasteiger partial charge < -0.3 is 20.1 Å². The van der Waals surface area contributed by atoms with Gasteiger partial charge in [-0.15, -0.1) is 0 Å². The molecular formula is C24H38N4O2. The molecule has 1 heterocycles. The predicted octanol–water partition coefficient (Wildman–Crippen LogP) is 3.36. The van der Waals surface area contributed by atoms with Crippen molar-refractivity contribution in [3.8, 4) is 5.75 Å². The van der Waals surface area contributed by atoms with Crippen LogP contribution in [0.2, 0.25) is 0 Å². The summed E-state index contributed by atoms with van der Waals surface area (Å²) in [5, 5.41) is 21.3. The van der Waals surface area contributed by atoms with Crippen molar-refractivity contribution in [3.05, 3.63) is 46.8 Å². The Kier molecular flexibility index (Phi) is 8.73. The molecule has 30 heavy (non-hydrogen) atoms. The zero-order chi connectivity index (χ0) is 21.3. The molecular weight excluding hydrogens is 376 g/mol. The number of nitrogens with one attached hydrogen (secondary N) is 2. The first kappa shape index (κ1) is 22.8. The van der Waals surface area contributed by atoms with Gasteiger partial charge >= 0.3 is 0 Å². The van der Waals surface area contributed by atoms with Crippen molar-refractivity contribution >= 4 is 0 Å². The number of aliphatic hydroxyl groups is 1. The summed E-state index contributed by atoms with van der Waals surface area (Å²) in [6, 6.07) is 8.68. The SMILES string of the molecule is Cc1n[nH]c(C)c1CCNCc1ccccc1OC[C@@H](O)CN(C)C1CCCCC1.